The van der Waals surface area contributed by atoms with Gasteiger partial charge in [0.1, 0.15) is 5.76 Å². The molecule has 0 radical (unpaired) electrons. The summed E-state index contributed by atoms with van der Waals surface area (Å²) >= 11 is 6.22. The van der Waals surface area contributed by atoms with E-state index in [0.717, 1.165) is 22.6 Å². The third-order valence-corrected chi connectivity index (χ3v) is 3.89. The van der Waals surface area contributed by atoms with Crippen LogP contribution in [0.1, 0.15) is 21.9 Å². The second kappa shape index (κ2) is 5.22. The van der Waals surface area contributed by atoms with Crippen molar-refractivity contribution in [3.8, 4) is 17.0 Å². The molecule has 0 fully saturated rings. The predicted octanol–water partition coefficient (Wildman–Crippen LogP) is 4.22. The fraction of sp³-hybridized carbons (Fsp3) is 0.125. The lowest BCUT2D eigenvalue weighted by Gasteiger charge is -2.09. The molecule has 4 nitrogen and oxygen atoms in total. The van der Waals surface area contributed by atoms with Crippen LogP contribution in [0, 0.1) is 13.8 Å². The Morgan fingerprint density at radius 1 is 1.19 bits per heavy atom. The molecule has 0 saturated carbocycles. The van der Waals surface area contributed by atoms with Crippen LogP contribution in [0.25, 0.3) is 17.0 Å². The number of aldehydes is 1. The van der Waals surface area contributed by atoms with Crippen molar-refractivity contribution in [1.29, 1.82) is 0 Å². The summed E-state index contributed by atoms with van der Waals surface area (Å²) in [5, 5.41) is 5.12. The van der Waals surface area contributed by atoms with Gasteiger partial charge in [-0.25, -0.2) is 4.68 Å². The quantitative estimate of drug-likeness (QED) is 0.681. The van der Waals surface area contributed by atoms with Crippen molar-refractivity contribution in [2.75, 3.05) is 0 Å². The molecule has 2 heterocycles. The van der Waals surface area contributed by atoms with Crippen LogP contribution in [-0.2, 0) is 0 Å². The second-order valence-electron chi connectivity index (χ2n) is 4.73. The summed E-state index contributed by atoms with van der Waals surface area (Å²) in [6.45, 7) is 3.78. The molecular weight excluding hydrogens is 288 g/mol. The van der Waals surface area contributed by atoms with Crippen molar-refractivity contribution in [3.05, 3.63) is 58.6 Å². The minimum atomic E-state index is 0.297. The molecule has 1 aromatic carbocycles. The van der Waals surface area contributed by atoms with Gasteiger partial charge in [0.15, 0.2) is 12.0 Å². The summed E-state index contributed by atoms with van der Waals surface area (Å²) in [6, 6.07) is 11.1. The van der Waals surface area contributed by atoms with E-state index in [1.54, 1.807) is 16.8 Å². The minimum Gasteiger partial charge on any atom is -0.453 e. The molecule has 0 aliphatic carbocycles. The topological polar surface area (TPSA) is 48.0 Å². The molecule has 3 aromatic rings. The van der Waals surface area contributed by atoms with Crippen LogP contribution in [0.4, 0.5) is 0 Å². The summed E-state index contributed by atoms with van der Waals surface area (Å²) in [5.74, 6) is 0.919. The maximum atomic E-state index is 10.8. The number of furan rings is 1. The van der Waals surface area contributed by atoms with Crippen LogP contribution < -0.4 is 0 Å². The molecule has 5 heteroatoms. The SMILES string of the molecule is Cc1nn(-c2ccccc2-c2ccc(C=O)o2)c(C)c1Cl. The number of para-hydroxylation sites is 1. The Kier molecular flexibility index (Phi) is 3.39. The van der Waals surface area contributed by atoms with E-state index < -0.39 is 0 Å². The lowest BCUT2D eigenvalue weighted by molar-refractivity contribution is 0.110. The average Bonchev–Trinajstić information content (AvgIpc) is 3.08. The predicted molar refractivity (Wildman–Crippen MR) is 81.1 cm³/mol. The summed E-state index contributed by atoms with van der Waals surface area (Å²) in [6.07, 6.45) is 0.687. The van der Waals surface area contributed by atoms with Gasteiger partial charge in [-0.05, 0) is 38.1 Å². The highest BCUT2D eigenvalue weighted by Crippen LogP contribution is 2.30. The van der Waals surface area contributed by atoms with Crippen LogP contribution in [0.15, 0.2) is 40.8 Å². The highest BCUT2D eigenvalue weighted by Gasteiger charge is 2.15. The van der Waals surface area contributed by atoms with E-state index in [-0.39, 0.29) is 0 Å². The maximum Gasteiger partial charge on any atom is 0.185 e. The highest BCUT2D eigenvalue weighted by atomic mass is 35.5. The molecule has 2 aromatic heterocycles. The Morgan fingerprint density at radius 2 is 1.95 bits per heavy atom. The number of aryl methyl sites for hydroxylation is 1. The average molecular weight is 301 g/mol. The van der Waals surface area contributed by atoms with Gasteiger partial charge in [-0.3, -0.25) is 4.79 Å². The number of nitrogens with zero attached hydrogens (tertiary/aromatic N) is 2. The highest BCUT2D eigenvalue weighted by molar-refractivity contribution is 6.31. The van der Waals surface area contributed by atoms with Gasteiger partial charge in [-0.1, -0.05) is 23.7 Å². The zero-order chi connectivity index (χ0) is 15.0. The van der Waals surface area contributed by atoms with Gasteiger partial charge in [0.2, 0.25) is 0 Å². The van der Waals surface area contributed by atoms with Gasteiger partial charge in [0.25, 0.3) is 0 Å². The van der Waals surface area contributed by atoms with Crippen LogP contribution >= 0.6 is 11.6 Å². The molecule has 0 atom stereocenters. The fourth-order valence-corrected chi connectivity index (χ4v) is 2.40. The van der Waals surface area contributed by atoms with Gasteiger partial charge < -0.3 is 4.42 Å². The summed E-state index contributed by atoms with van der Waals surface area (Å²) in [5.41, 5.74) is 3.35. The summed E-state index contributed by atoms with van der Waals surface area (Å²) in [4.78, 5) is 10.8. The largest absolute Gasteiger partial charge is 0.453 e. The Morgan fingerprint density at radius 3 is 2.57 bits per heavy atom. The standard InChI is InChI=1S/C16H13ClN2O2/c1-10-16(17)11(2)19(18-10)14-6-4-3-5-13(14)15-8-7-12(9-20)21-15/h3-9H,1-2H3. The minimum absolute atomic E-state index is 0.297. The summed E-state index contributed by atoms with van der Waals surface area (Å²) < 4.78 is 7.30. The molecule has 106 valence electrons. The number of rotatable bonds is 3. The van der Waals surface area contributed by atoms with E-state index in [9.17, 15) is 4.79 Å². The Labute approximate surface area is 127 Å². The van der Waals surface area contributed by atoms with Crippen LogP contribution in [0.5, 0.6) is 0 Å². The van der Waals surface area contributed by atoms with E-state index >= 15 is 0 Å². The smallest absolute Gasteiger partial charge is 0.185 e. The molecule has 0 aliphatic rings. The number of carbonyl (C=O) groups excluding carboxylic acids is 1. The first-order valence-electron chi connectivity index (χ1n) is 6.48. The zero-order valence-corrected chi connectivity index (χ0v) is 12.4. The summed E-state index contributed by atoms with van der Waals surface area (Å²) in [7, 11) is 0. The molecule has 0 aliphatic heterocycles. The van der Waals surface area contributed by atoms with Gasteiger partial charge >= 0.3 is 0 Å². The first-order valence-corrected chi connectivity index (χ1v) is 6.86. The first kappa shape index (κ1) is 13.6. The van der Waals surface area contributed by atoms with E-state index in [4.69, 9.17) is 16.0 Å². The molecule has 0 saturated heterocycles. The first-order chi connectivity index (χ1) is 10.1. The molecule has 21 heavy (non-hydrogen) atoms. The Bertz CT molecular complexity index is 818. The molecule has 3 rings (SSSR count). The van der Waals surface area contributed by atoms with Crippen molar-refractivity contribution in [2.45, 2.75) is 13.8 Å². The number of carbonyl (C=O) groups is 1. The molecule has 0 N–H and O–H groups in total. The zero-order valence-electron chi connectivity index (χ0n) is 11.6. The number of hydrogen-bond donors (Lipinski definition) is 0. The molecule has 0 amide bonds. The number of halogens is 1. The lowest BCUT2D eigenvalue weighted by atomic mass is 10.1. The Balaban J connectivity index is 2.20. The van der Waals surface area contributed by atoms with Crippen molar-refractivity contribution < 1.29 is 9.21 Å². The van der Waals surface area contributed by atoms with Crippen molar-refractivity contribution in [3.63, 3.8) is 0 Å². The molecule has 0 bridgehead atoms. The van der Waals surface area contributed by atoms with E-state index in [1.807, 2.05) is 38.1 Å². The van der Waals surface area contributed by atoms with Crippen molar-refractivity contribution in [1.82, 2.24) is 9.78 Å². The normalized spacial score (nSPS) is 10.8. The van der Waals surface area contributed by atoms with E-state index in [0.29, 0.717) is 22.8 Å². The monoisotopic (exact) mass is 300 g/mol. The lowest BCUT2D eigenvalue weighted by Crippen LogP contribution is -2.01. The van der Waals surface area contributed by atoms with Crippen LogP contribution in [0.2, 0.25) is 5.02 Å². The van der Waals surface area contributed by atoms with Crippen molar-refractivity contribution in [2.24, 2.45) is 0 Å². The number of aromatic nitrogens is 2. The second-order valence-corrected chi connectivity index (χ2v) is 5.11. The third-order valence-electron chi connectivity index (χ3n) is 3.34. The molecular formula is C16H13ClN2O2. The van der Waals surface area contributed by atoms with E-state index in [2.05, 4.69) is 5.10 Å². The van der Waals surface area contributed by atoms with Crippen LogP contribution in [0.3, 0.4) is 0 Å². The maximum absolute atomic E-state index is 10.8. The van der Waals surface area contributed by atoms with Crippen LogP contribution in [-0.4, -0.2) is 16.1 Å². The van der Waals surface area contributed by atoms with Gasteiger partial charge in [-0.2, -0.15) is 5.10 Å². The number of hydrogen-bond acceptors (Lipinski definition) is 3. The van der Waals surface area contributed by atoms with Crippen molar-refractivity contribution >= 4 is 17.9 Å². The van der Waals surface area contributed by atoms with Gasteiger partial charge in [0.05, 0.1) is 22.1 Å². The van der Waals surface area contributed by atoms with Gasteiger partial charge in [-0.15, -0.1) is 0 Å². The third kappa shape index (κ3) is 2.28. The van der Waals surface area contributed by atoms with E-state index in [1.165, 1.54) is 0 Å². The molecule has 0 spiro atoms. The Hall–Kier alpha value is -2.33. The fourth-order valence-electron chi connectivity index (χ4n) is 2.29. The molecule has 0 unspecified atom stereocenters. The van der Waals surface area contributed by atoms with Gasteiger partial charge in [0, 0.05) is 5.56 Å². The number of benzene rings is 1.